The van der Waals surface area contributed by atoms with Gasteiger partial charge in [0, 0.05) is 12.3 Å². The number of carbonyl (C=O) groups excluding carboxylic acids is 2. The monoisotopic (exact) mass is 400 g/mol. The first-order chi connectivity index (χ1) is 13.1. The van der Waals surface area contributed by atoms with E-state index in [9.17, 15) is 14.0 Å². The first-order valence-electron chi connectivity index (χ1n) is 8.06. The van der Waals surface area contributed by atoms with Gasteiger partial charge >= 0.3 is 0 Å². The molecule has 0 unspecified atom stereocenters. The van der Waals surface area contributed by atoms with Crippen LogP contribution in [0.25, 0.3) is 0 Å². The third-order valence-electron chi connectivity index (χ3n) is 3.94. The van der Waals surface area contributed by atoms with Gasteiger partial charge in [-0.1, -0.05) is 47.4 Å². The summed E-state index contributed by atoms with van der Waals surface area (Å²) in [6.07, 6.45) is 0. The number of rotatable bonds is 6. The van der Waals surface area contributed by atoms with Crippen molar-refractivity contribution >= 4 is 45.7 Å². The molecule has 1 aromatic heterocycles. The van der Waals surface area contributed by atoms with Gasteiger partial charge in [-0.15, -0.1) is 10.2 Å². The number of carbonyl (C=O) groups is 2. The third-order valence-corrected chi connectivity index (χ3v) is 5.89. The molecule has 2 heterocycles. The quantitative estimate of drug-likeness (QED) is 0.501. The number of hydrogen-bond acceptors (Lipinski definition) is 7. The van der Waals surface area contributed by atoms with Crippen LogP contribution in [0.3, 0.4) is 0 Å². The van der Waals surface area contributed by atoms with Crippen molar-refractivity contribution in [2.24, 2.45) is 0 Å². The van der Waals surface area contributed by atoms with Crippen molar-refractivity contribution in [2.75, 3.05) is 17.6 Å². The van der Waals surface area contributed by atoms with Crippen LogP contribution in [0.1, 0.15) is 20.7 Å². The minimum atomic E-state index is -0.368. The van der Waals surface area contributed by atoms with Gasteiger partial charge < -0.3 is 5.32 Å². The molecular formula is C18H13FN4O2S2. The van der Waals surface area contributed by atoms with Crippen molar-refractivity contribution in [3.63, 3.8) is 0 Å². The Bertz CT molecular complexity index is 989. The van der Waals surface area contributed by atoms with Crippen LogP contribution < -0.4 is 5.32 Å². The van der Waals surface area contributed by atoms with Gasteiger partial charge in [0.05, 0.1) is 16.8 Å². The molecule has 27 heavy (non-hydrogen) atoms. The molecule has 9 heteroatoms. The second-order valence-corrected chi connectivity index (χ2v) is 7.95. The second-order valence-electron chi connectivity index (χ2n) is 5.63. The first kappa shape index (κ1) is 17.6. The van der Waals surface area contributed by atoms with E-state index >= 15 is 0 Å². The van der Waals surface area contributed by atoms with Crippen molar-refractivity contribution in [1.82, 2.24) is 15.1 Å². The van der Waals surface area contributed by atoms with Gasteiger partial charge in [0.1, 0.15) is 5.82 Å². The Kier molecular flexibility index (Phi) is 4.87. The maximum Gasteiger partial charge on any atom is 0.261 e. The number of hydrogen-bond donors (Lipinski definition) is 1. The minimum Gasteiger partial charge on any atom is -0.328 e. The Balaban J connectivity index is 1.34. The number of nitrogens with zero attached hydrogens (tertiary/aromatic N) is 3. The fraction of sp³-hybridized carbons (Fsp3) is 0.111. The van der Waals surface area contributed by atoms with Crippen LogP contribution in [0, 0.1) is 5.82 Å². The molecule has 0 spiro atoms. The summed E-state index contributed by atoms with van der Waals surface area (Å²) in [6.45, 7) is 0.284. The molecule has 3 aromatic rings. The van der Waals surface area contributed by atoms with E-state index in [1.807, 2.05) is 0 Å². The Labute approximate surface area is 162 Å². The summed E-state index contributed by atoms with van der Waals surface area (Å²) in [4.78, 5) is 25.9. The predicted octanol–water partition coefficient (Wildman–Crippen LogP) is 3.81. The van der Waals surface area contributed by atoms with E-state index in [-0.39, 0.29) is 24.2 Å². The highest BCUT2D eigenvalue weighted by Crippen LogP contribution is 2.29. The lowest BCUT2D eigenvalue weighted by Crippen LogP contribution is -2.31. The molecule has 0 fully saturated rings. The fourth-order valence-electron chi connectivity index (χ4n) is 2.66. The Morgan fingerprint density at radius 3 is 2.37 bits per heavy atom. The highest BCUT2D eigenvalue weighted by molar-refractivity contribution is 8.01. The van der Waals surface area contributed by atoms with Gasteiger partial charge in [0.25, 0.3) is 11.8 Å². The van der Waals surface area contributed by atoms with E-state index in [1.54, 1.807) is 42.5 Å². The molecule has 0 aliphatic carbocycles. The summed E-state index contributed by atoms with van der Waals surface area (Å²) in [7, 11) is 0. The number of fused-ring (bicyclic) bond motifs is 1. The number of aromatic nitrogens is 2. The van der Waals surface area contributed by atoms with Gasteiger partial charge in [-0.3, -0.25) is 14.5 Å². The molecule has 1 aliphatic rings. The number of halogens is 1. The minimum absolute atomic E-state index is 0.268. The number of imide groups is 1. The highest BCUT2D eigenvalue weighted by Gasteiger charge is 2.34. The number of para-hydroxylation sites is 1. The number of thioether (sulfide) groups is 1. The van der Waals surface area contributed by atoms with Crippen LogP contribution >= 0.6 is 23.1 Å². The Morgan fingerprint density at radius 1 is 1.00 bits per heavy atom. The maximum absolute atomic E-state index is 13.7. The molecule has 6 nitrogen and oxygen atoms in total. The molecule has 1 aliphatic heterocycles. The van der Waals surface area contributed by atoms with Crippen LogP contribution in [0.5, 0.6) is 0 Å². The maximum atomic E-state index is 13.7. The van der Waals surface area contributed by atoms with Crippen LogP contribution in [-0.4, -0.2) is 39.2 Å². The lowest BCUT2D eigenvalue weighted by atomic mass is 10.1. The average molecular weight is 400 g/mol. The summed E-state index contributed by atoms with van der Waals surface area (Å²) in [5.41, 5.74) is 1.22. The zero-order valence-corrected chi connectivity index (χ0v) is 15.5. The van der Waals surface area contributed by atoms with Crippen molar-refractivity contribution in [1.29, 1.82) is 0 Å². The second kappa shape index (κ2) is 7.45. The zero-order valence-electron chi connectivity index (χ0n) is 13.9. The molecule has 0 saturated carbocycles. The van der Waals surface area contributed by atoms with E-state index in [2.05, 4.69) is 15.5 Å². The van der Waals surface area contributed by atoms with Crippen molar-refractivity contribution in [2.45, 2.75) is 4.34 Å². The SMILES string of the molecule is O=C1c2ccccc2C(=O)N1CCSc1nnc(Nc2ccccc2F)s1. The van der Waals surface area contributed by atoms with Gasteiger partial charge in [0.2, 0.25) is 5.13 Å². The topological polar surface area (TPSA) is 75.2 Å². The van der Waals surface area contributed by atoms with Crippen LogP contribution in [0.2, 0.25) is 0 Å². The van der Waals surface area contributed by atoms with Gasteiger partial charge in [-0.25, -0.2) is 4.39 Å². The highest BCUT2D eigenvalue weighted by atomic mass is 32.2. The predicted molar refractivity (Wildman–Crippen MR) is 102 cm³/mol. The molecular weight excluding hydrogens is 387 g/mol. The van der Waals surface area contributed by atoms with E-state index in [0.29, 0.717) is 32.0 Å². The van der Waals surface area contributed by atoms with Crippen LogP contribution in [0.4, 0.5) is 15.2 Å². The number of anilines is 2. The fourth-order valence-corrected chi connectivity index (χ4v) is 4.42. The molecule has 2 amide bonds. The number of benzene rings is 2. The van der Waals surface area contributed by atoms with Crippen LogP contribution in [-0.2, 0) is 0 Å². The van der Waals surface area contributed by atoms with E-state index in [1.165, 1.54) is 34.1 Å². The van der Waals surface area contributed by atoms with Crippen molar-refractivity contribution in [3.05, 3.63) is 65.5 Å². The summed E-state index contributed by atoms with van der Waals surface area (Å²) in [5, 5.41) is 11.4. The molecule has 0 atom stereocenters. The molecule has 2 aromatic carbocycles. The molecule has 4 rings (SSSR count). The Hall–Kier alpha value is -2.78. The molecule has 0 radical (unpaired) electrons. The summed E-state index contributed by atoms with van der Waals surface area (Å²) in [6, 6.07) is 13.1. The largest absolute Gasteiger partial charge is 0.328 e. The molecule has 136 valence electrons. The normalized spacial score (nSPS) is 13.1. The standard InChI is InChI=1S/C18H13FN4O2S2/c19-13-7-3-4-8-14(13)20-17-21-22-18(27-17)26-10-9-23-15(24)11-5-1-2-6-12(11)16(23)25/h1-8H,9-10H2,(H,20,21). The third kappa shape index (κ3) is 3.56. The first-order valence-corrected chi connectivity index (χ1v) is 9.87. The van der Waals surface area contributed by atoms with Crippen LogP contribution in [0.15, 0.2) is 52.9 Å². The molecule has 0 bridgehead atoms. The van der Waals surface area contributed by atoms with Gasteiger partial charge in [-0.2, -0.15) is 0 Å². The van der Waals surface area contributed by atoms with E-state index in [0.717, 1.165) is 0 Å². The van der Waals surface area contributed by atoms with Crippen molar-refractivity contribution in [3.8, 4) is 0 Å². The van der Waals surface area contributed by atoms with E-state index in [4.69, 9.17) is 0 Å². The number of nitrogens with one attached hydrogen (secondary N) is 1. The lowest BCUT2D eigenvalue weighted by Gasteiger charge is -2.12. The summed E-state index contributed by atoms with van der Waals surface area (Å²) >= 11 is 2.67. The van der Waals surface area contributed by atoms with Gasteiger partial charge in [-0.05, 0) is 24.3 Å². The summed E-state index contributed by atoms with van der Waals surface area (Å²) in [5.74, 6) is -0.405. The Morgan fingerprint density at radius 2 is 1.67 bits per heavy atom. The smallest absolute Gasteiger partial charge is 0.261 e. The zero-order chi connectivity index (χ0) is 18.8. The van der Waals surface area contributed by atoms with Gasteiger partial charge in [0.15, 0.2) is 4.34 Å². The number of amides is 2. The molecule has 0 saturated heterocycles. The van der Waals surface area contributed by atoms with Crippen molar-refractivity contribution < 1.29 is 14.0 Å². The van der Waals surface area contributed by atoms with E-state index < -0.39 is 0 Å². The molecule has 1 N–H and O–H groups in total. The summed E-state index contributed by atoms with van der Waals surface area (Å²) < 4.78 is 14.3. The lowest BCUT2D eigenvalue weighted by molar-refractivity contribution is 0.0664. The average Bonchev–Trinajstić information content (AvgIpc) is 3.22.